The van der Waals surface area contributed by atoms with E-state index in [0.29, 0.717) is 41.0 Å². The van der Waals surface area contributed by atoms with E-state index in [1.165, 1.54) is 11.3 Å². The molecule has 0 radical (unpaired) electrons. The summed E-state index contributed by atoms with van der Waals surface area (Å²) in [5.41, 5.74) is 4.98. The summed E-state index contributed by atoms with van der Waals surface area (Å²) in [5.74, 6) is -1.71. The third kappa shape index (κ3) is 7.25. The van der Waals surface area contributed by atoms with Gasteiger partial charge in [0.2, 0.25) is 10.0 Å². The van der Waals surface area contributed by atoms with E-state index >= 15 is 0 Å². The van der Waals surface area contributed by atoms with Crippen molar-refractivity contribution in [2.24, 2.45) is 0 Å². The molecule has 1 aromatic heterocycles. The van der Waals surface area contributed by atoms with Crippen LogP contribution in [0.4, 0.5) is 0 Å². The van der Waals surface area contributed by atoms with Crippen molar-refractivity contribution in [1.82, 2.24) is 15.1 Å². The lowest BCUT2D eigenvalue weighted by Crippen LogP contribution is -2.59. The Balaban J connectivity index is 1.55. The highest BCUT2D eigenvalue weighted by Gasteiger charge is 2.49. The third-order valence-electron chi connectivity index (χ3n) is 7.89. The molecule has 0 saturated heterocycles. The van der Waals surface area contributed by atoms with Crippen molar-refractivity contribution in [3.8, 4) is 0 Å². The van der Waals surface area contributed by atoms with Crippen LogP contribution < -0.4 is 10.2 Å². The van der Waals surface area contributed by atoms with Gasteiger partial charge in [-0.1, -0.05) is 60.3 Å². The van der Waals surface area contributed by atoms with Crippen LogP contribution in [0.15, 0.2) is 53.9 Å². The lowest BCUT2D eigenvalue weighted by atomic mass is 9.76. The van der Waals surface area contributed by atoms with Crippen LogP contribution in [0.25, 0.3) is 0 Å². The molecule has 0 bridgehead atoms. The maximum absolute atomic E-state index is 14.3. The van der Waals surface area contributed by atoms with E-state index in [2.05, 4.69) is 10.2 Å². The number of fused-ring (bicyclic) bond motifs is 1. The molecular formula is C30H33Cl2N3O6S2. The van der Waals surface area contributed by atoms with Crippen molar-refractivity contribution in [3.63, 3.8) is 0 Å². The van der Waals surface area contributed by atoms with Crippen LogP contribution in [0, 0.1) is 0 Å². The molecule has 2 aromatic carbocycles. The van der Waals surface area contributed by atoms with Gasteiger partial charge in [-0.25, -0.2) is 18.6 Å². The molecule has 5 rings (SSSR count). The van der Waals surface area contributed by atoms with Crippen molar-refractivity contribution >= 4 is 56.4 Å². The van der Waals surface area contributed by atoms with Crippen LogP contribution in [0.2, 0.25) is 10.0 Å². The number of thiophene rings is 1. The summed E-state index contributed by atoms with van der Waals surface area (Å²) in [7, 11) is -3.58. The van der Waals surface area contributed by atoms with Crippen LogP contribution in [0.5, 0.6) is 0 Å². The molecule has 2 heterocycles. The average molecular weight is 667 g/mol. The quantitative estimate of drug-likeness (QED) is 0.263. The molecule has 2 amide bonds. The predicted octanol–water partition coefficient (Wildman–Crippen LogP) is 4.98. The maximum atomic E-state index is 14.3. The third-order valence-corrected chi connectivity index (χ3v) is 10.1. The van der Waals surface area contributed by atoms with Crippen LogP contribution >= 0.6 is 34.5 Å². The van der Waals surface area contributed by atoms with Gasteiger partial charge in [-0.2, -0.15) is 0 Å². The Bertz CT molecular complexity index is 1600. The van der Waals surface area contributed by atoms with Crippen LogP contribution in [-0.2, 0) is 32.7 Å². The highest BCUT2D eigenvalue weighted by molar-refractivity contribution is 7.88. The van der Waals surface area contributed by atoms with Crippen molar-refractivity contribution in [2.45, 2.75) is 62.8 Å². The van der Waals surface area contributed by atoms with Gasteiger partial charge in [0.05, 0.1) is 18.2 Å². The highest BCUT2D eigenvalue weighted by atomic mass is 35.5. The summed E-state index contributed by atoms with van der Waals surface area (Å²) in [6.07, 6.45) is 4.32. The van der Waals surface area contributed by atoms with Gasteiger partial charge in [-0.3, -0.25) is 14.4 Å². The van der Waals surface area contributed by atoms with E-state index in [1.807, 2.05) is 11.4 Å². The summed E-state index contributed by atoms with van der Waals surface area (Å²) in [6.45, 7) is 0.161. The average Bonchev–Trinajstić information content (AvgIpc) is 3.40. The minimum absolute atomic E-state index is 0.0419. The summed E-state index contributed by atoms with van der Waals surface area (Å²) < 4.78 is 27.4. The van der Waals surface area contributed by atoms with Gasteiger partial charge in [-0.15, -0.1) is 11.3 Å². The van der Waals surface area contributed by atoms with Crippen molar-refractivity contribution in [1.29, 1.82) is 0 Å². The van der Waals surface area contributed by atoms with Gasteiger partial charge >= 0.3 is 0 Å². The Kier molecular flexibility index (Phi) is 10.1. The molecular weight excluding hydrogens is 633 g/mol. The first kappa shape index (κ1) is 31.9. The molecule has 0 unspecified atom stereocenters. The molecule has 3 N–H and O–H groups in total. The first-order valence-corrected chi connectivity index (χ1v) is 17.5. The number of hydrogen-bond donors (Lipinski definition) is 3. The fraction of sp³-hybridized carbons (Fsp3) is 0.400. The maximum Gasteiger partial charge on any atom is 0.255 e. The first-order valence-electron chi connectivity index (χ1n) is 14.0. The molecule has 2 aliphatic rings. The van der Waals surface area contributed by atoms with Gasteiger partial charge in [-0.05, 0) is 65.6 Å². The Morgan fingerprint density at radius 3 is 2.63 bits per heavy atom. The van der Waals surface area contributed by atoms with Crippen LogP contribution in [0.3, 0.4) is 0 Å². The zero-order chi connectivity index (χ0) is 30.7. The highest BCUT2D eigenvalue weighted by Crippen LogP contribution is 2.47. The molecule has 3 aromatic rings. The number of carbonyl (C=O) groups excluding carboxylic acids is 2. The fourth-order valence-electron chi connectivity index (χ4n) is 6.13. The van der Waals surface area contributed by atoms with E-state index in [9.17, 15) is 23.1 Å². The Morgan fingerprint density at radius 2 is 1.88 bits per heavy atom. The number of halogens is 2. The number of aliphatic hydroxyl groups is 1. The number of nitrogens with one attached hydrogen (secondary N) is 2. The van der Waals surface area contributed by atoms with Gasteiger partial charge in [0.15, 0.2) is 0 Å². The molecule has 4 atom stereocenters. The van der Waals surface area contributed by atoms with Crippen molar-refractivity contribution < 1.29 is 28.0 Å². The molecule has 1 aliphatic heterocycles. The number of rotatable bonds is 10. The van der Waals surface area contributed by atoms with E-state index < -0.39 is 40.0 Å². The molecule has 13 heteroatoms. The zero-order valence-electron chi connectivity index (χ0n) is 23.5. The predicted molar refractivity (Wildman–Crippen MR) is 167 cm³/mol. The van der Waals surface area contributed by atoms with Gasteiger partial charge in [0, 0.05) is 39.2 Å². The SMILES string of the molecule is CS(=O)(=O)N[C@H]1CCCC[C@@H]1N1C(=O)c2ccccc2[C@@H](C(=O)NOCc2cc(CCO)cs2)[C@@H]1c1ccc(Cl)cc1Cl. The molecule has 0 spiro atoms. The molecule has 1 aliphatic carbocycles. The van der Waals surface area contributed by atoms with Crippen LogP contribution in [-0.4, -0.2) is 55.2 Å². The standard InChI is InChI=1S/C30H33Cl2N3O6S2/c1-43(39,40)34-25-8-4-5-9-26(25)35-28(23-11-10-19(31)15-24(23)32)27(21-6-2-3-7-22(21)30(35)38)29(37)33-41-16-20-14-18(12-13-36)17-42-20/h2-3,6-7,10-11,14-15,17,25-28,34,36H,4-5,8-9,12-13,16H2,1H3,(H,33,37)/t25-,26-,27+,28-/m0/s1. The summed E-state index contributed by atoms with van der Waals surface area (Å²) >= 11 is 14.5. The van der Waals surface area contributed by atoms with Gasteiger partial charge in [0.25, 0.3) is 11.8 Å². The first-order chi connectivity index (χ1) is 20.6. The lowest BCUT2D eigenvalue weighted by Gasteiger charge is -2.49. The van der Waals surface area contributed by atoms with Crippen molar-refractivity contribution in [3.05, 3.63) is 91.1 Å². The Morgan fingerprint density at radius 1 is 1.12 bits per heavy atom. The smallest absolute Gasteiger partial charge is 0.255 e. The number of benzene rings is 2. The monoisotopic (exact) mass is 665 g/mol. The topological polar surface area (TPSA) is 125 Å². The molecule has 43 heavy (non-hydrogen) atoms. The second kappa shape index (κ2) is 13.6. The lowest BCUT2D eigenvalue weighted by molar-refractivity contribution is -0.138. The second-order valence-electron chi connectivity index (χ2n) is 10.9. The number of hydroxylamine groups is 1. The summed E-state index contributed by atoms with van der Waals surface area (Å²) in [4.78, 5) is 36.6. The normalized spacial score (nSPS) is 22.3. The largest absolute Gasteiger partial charge is 0.396 e. The van der Waals surface area contributed by atoms with E-state index in [0.717, 1.165) is 29.5 Å². The number of nitrogens with zero attached hydrogens (tertiary/aromatic N) is 1. The molecule has 9 nitrogen and oxygen atoms in total. The summed E-state index contributed by atoms with van der Waals surface area (Å²) in [6, 6.07) is 11.8. The number of aliphatic hydroxyl groups excluding tert-OH is 1. The number of sulfonamides is 1. The van der Waals surface area contributed by atoms with E-state index in [-0.39, 0.29) is 24.1 Å². The van der Waals surface area contributed by atoms with E-state index in [1.54, 1.807) is 47.4 Å². The second-order valence-corrected chi connectivity index (χ2v) is 14.5. The Hall–Kier alpha value is -2.51. The number of carbonyl (C=O) groups is 2. The Labute approximate surface area is 265 Å². The van der Waals surface area contributed by atoms with Gasteiger partial charge in [0.1, 0.15) is 6.61 Å². The van der Waals surface area contributed by atoms with Crippen molar-refractivity contribution in [2.75, 3.05) is 12.9 Å². The molecule has 1 saturated carbocycles. The van der Waals surface area contributed by atoms with Crippen LogP contribution in [0.1, 0.15) is 69.6 Å². The number of hydrogen-bond acceptors (Lipinski definition) is 7. The molecule has 230 valence electrons. The van der Waals surface area contributed by atoms with Gasteiger partial charge < -0.3 is 10.0 Å². The molecule has 1 fully saturated rings. The zero-order valence-corrected chi connectivity index (χ0v) is 26.6. The number of amides is 2. The minimum atomic E-state index is -3.58. The summed E-state index contributed by atoms with van der Waals surface area (Å²) in [5, 5.41) is 11.8. The van der Waals surface area contributed by atoms with E-state index in [4.69, 9.17) is 28.0 Å². The minimum Gasteiger partial charge on any atom is -0.396 e. The fourth-order valence-corrected chi connectivity index (χ4v) is 8.31.